The average Bonchev–Trinajstić information content (AvgIpc) is 2.43. The molecule has 0 radical (unpaired) electrons. The fraction of sp³-hybridized carbons (Fsp3) is 0.600. The van der Waals surface area contributed by atoms with Gasteiger partial charge in [-0.3, -0.25) is 0 Å². The lowest BCUT2D eigenvalue weighted by atomic mass is 9.86. The highest BCUT2D eigenvalue weighted by molar-refractivity contribution is 9.11. The van der Waals surface area contributed by atoms with E-state index < -0.39 is 0 Å². The fourth-order valence-corrected chi connectivity index (χ4v) is 4.42. The zero-order valence-electron chi connectivity index (χ0n) is 11.1. The summed E-state index contributed by atoms with van der Waals surface area (Å²) in [4.78, 5) is 0. The quantitative estimate of drug-likeness (QED) is 0.475. The van der Waals surface area contributed by atoms with Crippen LogP contribution in [-0.4, -0.2) is 6.10 Å². The van der Waals surface area contributed by atoms with Crippen molar-refractivity contribution in [1.82, 2.24) is 0 Å². The molecule has 4 heteroatoms. The predicted octanol–water partition coefficient (Wildman–Crippen LogP) is 6.45. The lowest BCUT2D eigenvalue weighted by Gasteiger charge is -2.29. The molecular formula is C15H19Br3O. The molecule has 0 spiro atoms. The van der Waals surface area contributed by atoms with Crippen molar-refractivity contribution < 1.29 is 4.74 Å². The molecule has 0 bridgehead atoms. The summed E-state index contributed by atoms with van der Waals surface area (Å²) >= 11 is 10.7. The van der Waals surface area contributed by atoms with Crippen LogP contribution in [0.15, 0.2) is 21.1 Å². The summed E-state index contributed by atoms with van der Waals surface area (Å²) in [5.74, 6) is 1.85. The Bertz CT molecular complexity index is 402. The second kappa shape index (κ2) is 7.46. The van der Waals surface area contributed by atoms with Crippen molar-refractivity contribution in [3.63, 3.8) is 0 Å². The number of rotatable bonds is 4. The first kappa shape index (κ1) is 15.8. The van der Waals surface area contributed by atoms with Crippen LogP contribution in [0.25, 0.3) is 0 Å². The molecule has 2 rings (SSSR count). The zero-order valence-corrected chi connectivity index (χ0v) is 15.9. The molecule has 0 amide bonds. The van der Waals surface area contributed by atoms with Crippen molar-refractivity contribution >= 4 is 47.8 Å². The zero-order chi connectivity index (χ0) is 13.8. The van der Waals surface area contributed by atoms with Crippen LogP contribution in [-0.2, 0) is 5.33 Å². The third kappa shape index (κ3) is 4.21. The van der Waals surface area contributed by atoms with Gasteiger partial charge in [0.05, 0.1) is 15.0 Å². The van der Waals surface area contributed by atoms with Gasteiger partial charge >= 0.3 is 0 Å². The molecule has 0 saturated heterocycles. The van der Waals surface area contributed by atoms with Crippen molar-refractivity contribution in [3.8, 4) is 5.75 Å². The van der Waals surface area contributed by atoms with Crippen LogP contribution in [0.1, 0.15) is 44.6 Å². The summed E-state index contributed by atoms with van der Waals surface area (Å²) in [6.45, 7) is 2.29. The molecule has 1 aliphatic rings. The molecule has 0 N–H and O–H groups in total. The smallest absolute Gasteiger partial charge is 0.148 e. The van der Waals surface area contributed by atoms with E-state index >= 15 is 0 Å². The van der Waals surface area contributed by atoms with Crippen molar-refractivity contribution in [1.29, 1.82) is 0 Å². The summed E-state index contributed by atoms with van der Waals surface area (Å²) in [7, 11) is 0. The van der Waals surface area contributed by atoms with E-state index in [2.05, 4.69) is 66.8 Å². The van der Waals surface area contributed by atoms with Crippen molar-refractivity contribution in [3.05, 3.63) is 26.6 Å². The normalized spacial score (nSPS) is 23.4. The minimum Gasteiger partial charge on any atom is -0.488 e. The molecule has 106 valence electrons. The molecular weight excluding hydrogens is 436 g/mol. The van der Waals surface area contributed by atoms with Crippen LogP contribution < -0.4 is 4.74 Å². The van der Waals surface area contributed by atoms with Gasteiger partial charge in [-0.1, -0.05) is 29.3 Å². The van der Waals surface area contributed by atoms with Crippen LogP contribution in [0.5, 0.6) is 5.75 Å². The molecule has 1 aromatic rings. The molecule has 1 aliphatic carbocycles. The van der Waals surface area contributed by atoms with Gasteiger partial charge < -0.3 is 4.74 Å². The van der Waals surface area contributed by atoms with Gasteiger partial charge in [0.1, 0.15) is 5.75 Å². The second-order valence-corrected chi connectivity index (χ2v) is 7.46. The first-order valence-electron chi connectivity index (χ1n) is 6.84. The standard InChI is InChI=1S/C15H19Br3O/c1-2-10-3-5-12(6-4-10)19-15-13(17)7-11(9-16)8-14(15)18/h7-8,10,12H,2-6,9H2,1H3. The Labute approximate surface area is 140 Å². The first-order valence-corrected chi connectivity index (χ1v) is 9.55. The Morgan fingerprint density at radius 3 is 2.16 bits per heavy atom. The van der Waals surface area contributed by atoms with Gasteiger partial charge in [-0.25, -0.2) is 0 Å². The maximum atomic E-state index is 6.20. The van der Waals surface area contributed by atoms with Gasteiger partial charge in [0, 0.05) is 5.33 Å². The maximum Gasteiger partial charge on any atom is 0.148 e. The Balaban J connectivity index is 2.03. The number of hydrogen-bond donors (Lipinski definition) is 0. The maximum absolute atomic E-state index is 6.20. The largest absolute Gasteiger partial charge is 0.488 e. The third-order valence-corrected chi connectivity index (χ3v) is 5.69. The van der Waals surface area contributed by atoms with Crippen LogP contribution in [0, 0.1) is 5.92 Å². The van der Waals surface area contributed by atoms with E-state index in [1.807, 2.05) is 0 Å². The van der Waals surface area contributed by atoms with Gasteiger partial charge in [0.25, 0.3) is 0 Å². The van der Waals surface area contributed by atoms with Crippen LogP contribution in [0.3, 0.4) is 0 Å². The lowest BCUT2D eigenvalue weighted by molar-refractivity contribution is 0.128. The molecule has 1 fully saturated rings. The molecule has 0 heterocycles. The SMILES string of the molecule is CCC1CCC(Oc2c(Br)cc(CBr)cc2Br)CC1. The van der Waals surface area contributed by atoms with Gasteiger partial charge in [0.15, 0.2) is 0 Å². The van der Waals surface area contributed by atoms with Gasteiger partial charge in [0.2, 0.25) is 0 Å². The van der Waals surface area contributed by atoms with Gasteiger partial charge in [-0.2, -0.15) is 0 Å². The minimum absolute atomic E-state index is 0.366. The molecule has 1 nitrogen and oxygen atoms in total. The van der Waals surface area contributed by atoms with E-state index in [9.17, 15) is 0 Å². The van der Waals surface area contributed by atoms with Crippen molar-refractivity contribution in [2.45, 2.75) is 50.5 Å². The van der Waals surface area contributed by atoms with E-state index in [1.54, 1.807) is 0 Å². The van der Waals surface area contributed by atoms with Crippen molar-refractivity contribution in [2.75, 3.05) is 0 Å². The highest BCUT2D eigenvalue weighted by Gasteiger charge is 2.22. The minimum atomic E-state index is 0.366. The molecule has 0 atom stereocenters. The number of halogens is 3. The molecule has 19 heavy (non-hydrogen) atoms. The number of hydrogen-bond acceptors (Lipinski definition) is 1. The highest BCUT2D eigenvalue weighted by Crippen LogP contribution is 2.38. The summed E-state index contributed by atoms with van der Waals surface area (Å²) in [5, 5.41) is 0.853. The van der Waals surface area contributed by atoms with Gasteiger partial charge in [-0.05, 0) is 81.2 Å². The Morgan fingerprint density at radius 2 is 1.68 bits per heavy atom. The second-order valence-electron chi connectivity index (χ2n) is 5.19. The van der Waals surface area contributed by atoms with Crippen LogP contribution >= 0.6 is 47.8 Å². The Kier molecular flexibility index (Phi) is 6.22. The lowest BCUT2D eigenvalue weighted by Crippen LogP contribution is -2.24. The predicted molar refractivity (Wildman–Crippen MR) is 91.1 cm³/mol. The van der Waals surface area contributed by atoms with E-state index in [-0.39, 0.29) is 0 Å². The van der Waals surface area contributed by atoms with Crippen LogP contribution in [0.4, 0.5) is 0 Å². The fourth-order valence-electron chi connectivity index (χ4n) is 2.63. The van der Waals surface area contributed by atoms with Crippen molar-refractivity contribution in [2.24, 2.45) is 5.92 Å². The molecule has 1 aromatic carbocycles. The third-order valence-electron chi connectivity index (χ3n) is 3.87. The molecule has 1 saturated carbocycles. The van der Waals surface area contributed by atoms with Gasteiger partial charge in [-0.15, -0.1) is 0 Å². The summed E-state index contributed by atoms with van der Waals surface area (Å²) in [5.41, 5.74) is 1.24. The van der Waals surface area contributed by atoms with Crippen LogP contribution in [0.2, 0.25) is 0 Å². The first-order chi connectivity index (χ1) is 9.13. The number of benzene rings is 1. The summed E-state index contributed by atoms with van der Waals surface area (Å²) < 4.78 is 8.27. The van der Waals surface area contributed by atoms with E-state index in [4.69, 9.17) is 4.74 Å². The monoisotopic (exact) mass is 452 g/mol. The summed E-state index contributed by atoms with van der Waals surface area (Å²) in [6.07, 6.45) is 6.63. The van der Waals surface area contributed by atoms with E-state index in [1.165, 1.54) is 37.7 Å². The van der Waals surface area contributed by atoms with E-state index in [0.29, 0.717) is 6.10 Å². The average molecular weight is 455 g/mol. The Hall–Kier alpha value is 0.460. The molecule has 0 aliphatic heterocycles. The van der Waals surface area contributed by atoms with E-state index in [0.717, 1.165) is 25.9 Å². The molecule has 0 aromatic heterocycles. The summed E-state index contributed by atoms with van der Waals surface area (Å²) in [6, 6.07) is 4.24. The number of ether oxygens (including phenoxy) is 1. The topological polar surface area (TPSA) is 9.23 Å². The highest BCUT2D eigenvalue weighted by atomic mass is 79.9. The molecule has 0 unspecified atom stereocenters. The Morgan fingerprint density at radius 1 is 1.11 bits per heavy atom. The number of alkyl halides is 1.